The normalized spacial score (nSPS) is 12.0. The third-order valence-corrected chi connectivity index (χ3v) is 3.24. The number of rotatable bonds is 5. The number of nitrogens with zero attached hydrogens (tertiary/aromatic N) is 2. The van der Waals surface area contributed by atoms with Crippen molar-refractivity contribution >= 4 is 17.6 Å². The lowest BCUT2D eigenvalue weighted by Crippen LogP contribution is -2.40. The molecule has 112 valence electrons. The molecule has 2 amide bonds. The van der Waals surface area contributed by atoms with Crippen molar-refractivity contribution in [2.45, 2.75) is 6.04 Å². The van der Waals surface area contributed by atoms with Crippen LogP contribution in [0.25, 0.3) is 0 Å². The molecule has 0 saturated heterocycles. The quantitative estimate of drug-likeness (QED) is 0.782. The summed E-state index contributed by atoms with van der Waals surface area (Å²) >= 11 is 5.90. The first-order valence-corrected chi connectivity index (χ1v) is 6.87. The number of urea groups is 1. The highest BCUT2D eigenvalue weighted by molar-refractivity contribution is 6.30. The highest BCUT2D eigenvalue weighted by Gasteiger charge is 2.20. The van der Waals surface area contributed by atoms with Crippen LogP contribution in [0, 0.1) is 0 Å². The van der Waals surface area contributed by atoms with E-state index in [-0.39, 0.29) is 19.2 Å². The van der Waals surface area contributed by atoms with Crippen molar-refractivity contribution in [3.63, 3.8) is 0 Å². The average molecular weight is 309 g/mol. The van der Waals surface area contributed by atoms with E-state index in [0.717, 1.165) is 5.56 Å². The van der Waals surface area contributed by atoms with E-state index in [4.69, 9.17) is 16.7 Å². The van der Waals surface area contributed by atoms with Crippen LogP contribution in [0.1, 0.15) is 17.4 Å². The van der Waals surface area contributed by atoms with Crippen LogP contribution in [0.15, 0.2) is 36.7 Å². The van der Waals surface area contributed by atoms with Gasteiger partial charge in [-0.05, 0) is 17.7 Å². The van der Waals surface area contributed by atoms with Crippen LogP contribution in [0.2, 0.25) is 5.02 Å². The highest BCUT2D eigenvalue weighted by atomic mass is 35.5. The molecule has 1 aromatic heterocycles. The minimum absolute atomic E-state index is 0.110. The van der Waals surface area contributed by atoms with Gasteiger partial charge in [-0.1, -0.05) is 23.7 Å². The molecule has 0 unspecified atom stereocenters. The Kier molecular flexibility index (Phi) is 5.19. The van der Waals surface area contributed by atoms with Crippen molar-refractivity contribution in [3.8, 4) is 0 Å². The molecular formula is C14H17ClN4O2. The number of aliphatic hydroxyl groups excluding tert-OH is 1. The van der Waals surface area contributed by atoms with E-state index in [0.29, 0.717) is 10.8 Å². The first-order chi connectivity index (χ1) is 10.1. The molecule has 21 heavy (non-hydrogen) atoms. The molecule has 0 aliphatic rings. The van der Waals surface area contributed by atoms with Crippen LogP contribution in [0.4, 0.5) is 4.79 Å². The maximum Gasteiger partial charge on any atom is 0.315 e. The number of hydrogen-bond donors (Lipinski definition) is 3. The molecule has 2 aromatic rings. The van der Waals surface area contributed by atoms with Crippen molar-refractivity contribution in [2.24, 2.45) is 7.05 Å². The zero-order valence-corrected chi connectivity index (χ0v) is 12.3. The molecule has 3 N–H and O–H groups in total. The Morgan fingerprint density at radius 2 is 2.14 bits per heavy atom. The van der Waals surface area contributed by atoms with Gasteiger partial charge in [0.2, 0.25) is 0 Å². The van der Waals surface area contributed by atoms with Gasteiger partial charge in [0.1, 0.15) is 11.9 Å². The SMILES string of the molecule is Cn1ccnc1[C@@H](NC(=O)NCCO)c1ccc(Cl)cc1. The second-order valence-electron chi connectivity index (χ2n) is 4.50. The van der Waals surface area contributed by atoms with Gasteiger partial charge in [0.15, 0.2) is 0 Å². The Balaban J connectivity index is 2.25. The van der Waals surface area contributed by atoms with Gasteiger partial charge in [-0.2, -0.15) is 0 Å². The molecule has 0 spiro atoms. The number of halogens is 1. The average Bonchev–Trinajstić information content (AvgIpc) is 2.89. The molecule has 0 radical (unpaired) electrons. The predicted octanol–water partition coefficient (Wildman–Crippen LogP) is 1.45. The maximum atomic E-state index is 11.9. The number of aliphatic hydroxyl groups is 1. The van der Waals surface area contributed by atoms with E-state index >= 15 is 0 Å². The van der Waals surface area contributed by atoms with E-state index in [1.165, 1.54) is 0 Å². The molecule has 0 saturated carbocycles. The molecule has 1 atom stereocenters. The molecule has 6 nitrogen and oxygen atoms in total. The van der Waals surface area contributed by atoms with Crippen LogP contribution in [0.3, 0.4) is 0 Å². The van der Waals surface area contributed by atoms with Crippen molar-refractivity contribution < 1.29 is 9.90 Å². The first-order valence-electron chi connectivity index (χ1n) is 6.49. The fourth-order valence-corrected chi connectivity index (χ4v) is 2.09. The Hall–Kier alpha value is -2.05. The lowest BCUT2D eigenvalue weighted by molar-refractivity contribution is 0.231. The fourth-order valence-electron chi connectivity index (χ4n) is 1.96. The first kappa shape index (κ1) is 15.3. The van der Waals surface area contributed by atoms with E-state index in [1.54, 1.807) is 18.3 Å². The summed E-state index contributed by atoms with van der Waals surface area (Å²) in [6.07, 6.45) is 3.48. The number of carbonyl (C=O) groups is 1. The summed E-state index contributed by atoms with van der Waals surface area (Å²) in [6, 6.07) is 6.44. The lowest BCUT2D eigenvalue weighted by atomic mass is 10.1. The van der Waals surface area contributed by atoms with Gasteiger partial charge >= 0.3 is 6.03 Å². The number of imidazole rings is 1. The highest BCUT2D eigenvalue weighted by Crippen LogP contribution is 2.22. The summed E-state index contributed by atoms with van der Waals surface area (Å²) in [5, 5.41) is 14.8. The Morgan fingerprint density at radius 1 is 1.43 bits per heavy atom. The summed E-state index contributed by atoms with van der Waals surface area (Å²) in [5.74, 6) is 0.705. The second-order valence-corrected chi connectivity index (χ2v) is 4.94. The number of benzene rings is 1. The number of aryl methyl sites for hydroxylation is 1. The van der Waals surface area contributed by atoms with Crippen molar-refractivity contribution in [1.82, 2.24) is 20.2 Å². The number of hydrogen-bond acceptors (Lipinski definition) is 3. The number of carbonyl (C=O) groups excluding carboxylic acids is 1. The van der Waals surface area contributed by atoms with Crippen LogP contribution in [0.5, 0.6) is 0 Å². The maximum absolute atomic E-state index is 11.9. The topological polar surface area (TPSA) is 79.2 Å². The zero-order chi connectivity index (χ0) is 15.2. The van der Waals surface area contributed by atoms with Crippen LogP contribution in [-0.4, -0.2) is 33.8 Å². The summed E-state index contributed by atoms with van der Waals surface area (Å²) in [5.41, 5.74) is 0.868. The van der Waals surface area contributed by atoms with Gasteiger partial charge < -0.3 is 20.3 Å². The Morgan fingerprint density at radius 3 is 2.71 bits per heavy atom. The molecule has 1 aromatic carbocycles. The monoisotopic (exact) mass is 308 g/mol. The van der Waals surface area contributed by atoms with Gasteiger partial charge in [-0.25, -0.2) is 9.78 Å². The van der Waals surface area contributed by atoms with E-state index < -0.39 is 6.04 Å². The van der Waals surface area contributed by atoms with Gasteiger partial charge in [-0.3, -0.25) is 0 Å². The van der Waals surface area contributed by atoms with Crippen LogP contribution < -0.4 is 10.6 Å². The largest absolute Gasteiger partial charge is 0.395 e. The molecule has 0 fully saturated rings. The molecule has 0 bridgehead atoms. The molecule has 2 rings (SSSR count). The number of aromatic nitrogens is 2. The standard InChI is InChI=1S/C14H17ClN4O2/c1-19-8-6-16-13(19)12(18-14(21)17-7-9-20)10-2-4-11(15)5-3-10/h2-6,8,12,20H,7,9H2,1H3,(H2,17,18,21)/t12-/m0/s1. The van der Waals surface area contributed by atoms with Crippen molar-refractivity contribution in [1.29, 1.82) is 0 Å². The molecule has 1 heterocycles. The van der Waals surface area contributed by atoms with E-state index in [9.17, 15) is 4.79 Å². The Labute approximate surface area is 127 Å². The summed E-state index contributed by atoms with van der Waals surface area (Å²) in [7, 11) is 1.86. The van der Waals surface area contributed by atoms with Gasteiger partial charge in [0.25, 0.3) is 0 Å². The summed E-state index contributed by atoms with van der Waals surface area (Å²) in [4.78, 5) is 16.1. The van der Waals surface area contributed by atoms with Gasteiger partial charge in [0, 0.05) is 31.0 Å². The Bertz CT molecular complexity index is 597. The van der Waals surface area contributed by atoms with Crippen LogP contribution in [-0.2, 0) is 7.05 Å². The third-order valence-electron chi connectivity index (χ3n) is 2.99. The van der Waals surface area contributed by atoms with Crippen molar-refractivity contribution in [2.75, 3.05) is 13.2 Å². The zero-order valence-electron chi connectivity index (χ0n) is 11.6. The molecular weight excluding hydrogens is 292 g/mol. The summed E-state index contributed by atoms with van der Waals surface area (Å²) in [6.45, 7) is 0.0845. The van der Waals surface area contributed by atoms with Gasteiger partial charge in [-0.15, -0.1) is 0 Å². The number of nitrogens with one attached hydrogen (secondary N) is 2. The fraction of sp³-hybridized carbons (Fsp3) is 0.286. The lowest BCUT2D eigenvalue weighted by Gasteiger charge is -2.19. The molecule has 7 heteroatoms. The third kappa shape index (κ3) is 3.96. The molecule has 0 aliphatic carbocycles. The van der Waals surface area contributed by atoms with Crippen molar-refractivity contribution in [3.05, 3.63) is 53.1 Å². The summed E-state index contributed by atoms with van der Waals surface area (Å²) < 4.78 is 1.84. The van der Waals surface area contributed by atoms with E-state index in [2.05, 4.69) is 15.6 Å². The minimum Gasteiger partial charge on any atom is -0.395 e. The predicted molar refractivity (Wildman–Crippen MR) is 80.1 cm³/mol. The minimum atomic E-state index is -0.402. The van der Waals surface area contributed by atoms with Crippen LogP contribution >= 0.6 is 11.6 Å². The second kappa shape index (κ2) is 7.10. The smallest absolute Gasteiger partial charge is 0.315 e. The molecule has 0 aliphatic heterocycles. The number of amides is 2. The van der Waals surface area contributed by atoms with E-state index in [1.807, 2.05) is 29.9 Å². The van der Waals surface area contributed by atoms with Gasteiger partial charge in [0.05, 0.1) is 6.61 Å².